The monoisotopic (exact) mass is 311 g/mol. The van der Waals surface area contributed by atoms with Crippen LogP contribution < -0.4 is 5.32 Å². The third kappa shape index (κ3) is 5.67. The lowest BCUT2D eigenvalue weighted by atomic mass is 10.1. The van der Waals surface area contributed by atoms with Crippen molar-refractivity contribution >= 4 is 21.8 Å². The van der Waals surface area contributed by atoms with Crippen LogP contribution in [0.5, 0.6) is 0 Å². The molecule has 0 spiro atoms. The van der Waals surface area contributed by atoms with Crippen molar-refractivity contribution in [1.82, 2.24) is 5.32 Å². The van der Waals surface area contributed by atoms with Gasteiger partial charge in [0.25, 0.3) is 0 Å². The highest BCUT2D eigenvalue weighted by Crippen LogP contribution is 2.07. The maximum absolute atomic E-state index is 11.8. The fourth-order valence-electron chi connectivity index (χ4n) is 1.94. The van der Waals surface area contributed by atoms with Gasteiger partial charge < -0.3 is 5.32 Å². The number of hydrogen-bond acceptors (Lipinski definition) is 1. The number of carbonyl (C=O) groups is 1. The van der Waals surface area contributed by atoms with Gasteiger partial charge in [0.15, 0.2) is 0 Å². The van der Waals surface area contributed by atoms with E-state index in [0.29, 0.717) is 12.5 Å². The molecule has 3 heteroatoms. The van der Waals surface area contributed by atoms with Crippen molar-refractivity contribution in [3.05, 3.63) is 35.4 Å². The van der Waals surface area contributed by atoms with Gasteiger partial charge in [-0.25, -0.2) is 0 Å². The molecule has 2 nitrogen and oxygen atoms in total. The van der Waals surface area contributed by atoms with E-state index in [-0.39, 0.29) is 5.91 Å². The van der Waals surface area contributed by atoms with E-state index in [0.717, 1.165) is 24.6 Å². The molecule has 0 aliphatic rings. The molecule has 0 fully saturated rings. The predicted octanol–water partition coefficient (Wildman–Crippen LogP) is 3.61. The molecule has 1 N–H and O–H groups in total. The molecule has 0 aliphatic carbocycles. The second-order valence-electron chi connectivity index (χ2n) is 4.64. The largest absolute Gasteiger partial charge is 0.353 e. The third-order valence-electron chi connectivity index (χ3n) is 3.04. The van der Waals surface area contributed by atoms with Crippen LogP contribution in [-0.4, -0.2) is 17.3 Å². The van der Waals surface area contributed by atoms with Crippen LogP contribution in [0, 0.1) is 6.92 Å². The predicted molar refractivity (Wildman–Crippen MR) is 80.1 cm³/mol. The zero-order valence-corrected chi connectivity index (χ0v) is 12.8. The molecule has 100 valence electrons. The average molecular weight is 312 g/mol. The van der Waals surface area contributed by atoms with Crippen LogP contribution in [0.2, 0.25) is 0 Å². The van der Waals surface area contributed by atoms with Crippen LogP contribution in [0.25, 0.3) is 0 Å². The third-order valence-corrected chi connectivity index (χ3v) is 3.50. The summed E-state index contributed by atoms with van der Waals surface area (Å²) in [5, 5.41) is 4.02. The summed E-state index contributed by atoms with van der Waals surface area (Å²) < 4.78 is 0. The van der Waals surface area contributed by atoms with Crippen LogP contribution in [0.1, 0.15) is 37.3 Å². The van der Waals surface area contributed by atoms with Crippen LogP contribution in [0.4, 0.5) is 0 Å². The zero-order valence-electron chi connectivity index (χ0n) is 11.2. The Labute approximate surface area is 118 Å². The minimum Gasteiger partial charge on any atom is -0.353 e. The Bertz CT molecular complexity index is 379. The molecule has 0 aliphatic heterocycles. The zero-order chi connectivity index (χ0) is 13.4. The molecule has 1 aromatic rings. The molecule has 1 amide bonds. The van der Waals surface area contributed by atoms with Gasteiger partial charge in [0.2, 0.25) is 5.91 Å². The van der Waals surface area contributed by atoms with E-state index in [4.69, 9.17) is 0 Å². The number of aryl methyl sites for hydroxylation is 2. The van der Waals surface area contributed by atoms with E-state index in [1.54, 1.807) is 0 Å². The van der Waals surface area contributed by atoms with Crippen molar-refractivity contribution < 1.29 is 4.79 Å². The Morgan fingerprint density at radius 1 is 1.44 bits per heavy atom. The lowest BCUT2D eigenvalue weighted by molar-refractivity contribution is -0.121. The first-order valence-corrected chi connectivity index (χ1v) is 7.68. The fraction of sp³-hybridized carbons (Fsp3) is 0.533. The van der Waals surface area contributed by atoms with Gasteiger partial charge in [-0.2, -0.15) is 0 Å². The normalized spacial score (nSPS) is 12.2. The summed E-state index contributed by atoms with van der Waals surface area (Å²) in [5.41, 5.74) is 2.48. The van der Waals surface area contributed by atoms with E-state index < -0.39 is 0 Å². The molecular formula is C15H22BrNO. The van der Waals surface area contributed by atoms with Crippen molar-refractivity contribution in [3.63, 3.8) is 0 Å². The lowest BCUT2D eigenvalue weighted by Gasteiger charge is -2.15. The number of carbonyl (C=O) groups excluding carboxylic acids is 1. The first kappa shape index (κ1) is 15.2. The number of benzene rings is 1. The summed E-state index contributed by atoms with van der Waals surface area (Å²) in [4.78, 5) is 11.8. The van der Waals surface area contributed by atoms with Gasteiger partial charge in [-0.05, 0) is 31.7 Å². The highest BCUT2D eigenvalue weighted by molar-refractivity contribution is 9.09. The van der Waals surface area contributed by atoms with Crippen molar-refractivity contribution in [2.24, 2.45) is 0 Å². The van der Waals surface area contributed by atoms with Gasteiger partial charge in [0, 0.05) is 17.8 Å². The smallest absolute Gasteiger partial charge is 0.220 e. The molecule has 0 aromatic heterocycles. The number of alkyl halides is 1. The quantitative estimate of drug-likeness (QED) is 0.766. The molecule has 0 saturated heterocycles. The van der Waals surface area contributed by atoms with Gasteiger partial charge in [-0.15, -0.1) is 0 Å². The molecule has 0 heterocycles. The Morgan fingerprint density at radius 3 is 2.83 bits per heavy atom. The van der Waals surface area contributed by atoms with Gasteiger partial charge in [0.1, 0.15) is 0 Å². The minimum atomic E-state index is 0.157. The topological polar surface area (TPSA) is 29.1 Å². The van der Waals surface area contributed by atoms with Crippen LogP contribution >= 0.6 is 15.9 Å². The highest BCUT2D eigenvalue weighted by atomic mass is 79.9. The van der Waals surface area contributed by atoms with Crippen molar-refractivity contribution in [2.75, 3.05) is 5.33 Å². The van der Waals surface area contributed by atoms with Gasteiger partial charge >= 0.3 is 0 Å². The lowest BCUT2D eigenvalue weighted by Crippen LogP contribution is -2.34. The van der Waals surface area contributed by atoms with E-state index in [1.807, 2.05) is 6.07 Å². The maximum Gasteiger partial charge on any atom is 0.220 e. The standard InChI is InChI=1S/C15H22BrNO/c1-3-14(9-10-16)17-15(18)8-7-13-6-4-5-12(2)11-13/h4-6,11,14H,3,7-10H2,1-2H3,(H,17,18). The molecule has 1 rings (SSSR count). The van der Waals surface area contributed by atoms with Crippen LogP contribution in [-0.2, 0) is 11.2 Å². The summed E-state index contributed by atoms with van der Waals surface area (Å²) in [6.07, 6.45) is 3.37. The first-order chi connectivity index (χ1) is 8.65. The van der Waals surface area contributed by atoms with E-state index in [1.165, 1.54) is 11.1 Å². The van der Waals surface area contributed by atoms with Crippen LogP contribution in [0.15, 0.2) is 24.3 Å². The number of hydrogen-bond donors (Lipinski definition) is 1. The number of halogens is 1. The molecule has 0 bridgehead atoms. The second-order valence-corrected chi connectivity index (χ2v) is 5.43. The second kappa shape index (κ2) is 8.30. The minimum absolute atomic E-state index is 0.157. The number of rotatable bonds is 7. The van der Waals surface area contributed by atoms with E-state index in [2.05, 4.69) is 53.3 Å². The summed E-state index contributed by atoms with van der Waals surface area (Å²) in [7, 11) is 0. The number of amides is 1. The summed E-state index contributed by atoms with van der Waals surface area (Å²) in [6.45, 7) is 4.18. The SMILES string of the molecule is CCC(CCBr)NC(=O)CCc1cccc(C)c1. The first-order valence-electron chi connectivity index (χ1n) is 6.56. The van der Waals surface area contributed by atoms with E-state index in [9.17, 15) is 4.79 Å². The van der Waals surface area contributed by atoms with Crippen molar-refractivity contribution in [2.45, 2.75) is 45.6 Å². The number of nitrogens with one attached hydrogen (secondary N) is 1. The Hall–Kier alpha value is -0.830. The Morgan fingerprint density at radius 2 is 2.22 bits per heavy atom. The fourth-order valence-corrected chi connectivity index (χ4v) is 2.49. The average Bonchev–Trinajstić information content (AvgIpc) is 2.36. The summed E-state index contributed by atoms with van der Waals surface area (Å²) in [5.74, 6) is 0.157. The Kier molecular flexibility index (Phi) is 7.02. The molecule has 1 atom stereocenters. The summed E-state index contributed by atoms with van der Waals surface area (Å²) >= 11 is 3.41. The van der Waals surface area contributed by atoms with Gasteiger partial charge in [-0.1, -0.05) is 52.7 Å². The molecule has 0 radical (unpaired) electrons. The van der Waals surface area contributed by atoms with Crippen LogP contribution in [0.3, 0.4) is 0 Å². The molecular weight excluding hydrogens is 290 g/mol. The maximum atomic E-state index is 11.8. The van der Waals surface area contributed by atoms with Crippen molar-refractivity contribution in [3.8, 4) is 0 Å². The highest BCUT2D eigenvalue weighted by Gasteiger charge is 2.09. The summed E-state index contributed by atoms with van der Waals surface area (Å²) in [6, 6.07) is 8.64. The molecule has 1 unspecified atom stereocenters. The van der Waals surface area contributed by atoms with Gasteiger partial charge in [0.05, 0.1) is 0 Å². The van der Waals surface area contributed by atoms with E-state index >= 15 is 0 Å². The van der Waals surface area contributed by atoms with Gasteiger partial charge in [-0.3, -0.25) is 4.79 Å². The molecule has 18 heavy (non-hydrogen) atoms. The molecule has 0 saturated carbocycles. The van der Waals surface area contributed by atoms with Crippen molar-refractivity contribution in [1.29, 1.82) is 0 Å². The molecule has 1 aromatic carbocycles. The Balaban J connectivity index is 2.36.